The second-order valence-electron chi connectivity index (χ2n) is 10.5. The maximum absolute atomic E-state index is 14.0. The summed E-state index contributed by atoms with van der Waals surface area (Å²) in [5.41, 5.74) is 0.532. The molecule has 0 radical (unpaired) electrons. The lowest BCUT2D eigenvalue weighted by molar-refractivity contribution is -0.142. The van der Waals surface area contributed by atoms with Crippen LogP contribution in [0.15, 0.2) is 90.5 Å². The van der Waals surface area contributed by atoms with Crippen molar-refractivity contribution in [2.75, 3.05) is 9.80 Å². The summed E-state index contributed by atoms with van der Waals surface area (Å²) in [5, 5.41) is 0.406. The number of halogens is 2. The topological polar surface area (TPSA) is 101 Å². The number of amides is 4. The molecule has 2 bridgehead atoms. The predicted octanol–water partition coefficient (Wildman–Crippen LogP) is 4.70. The molecule has 1 saturated carbocycles. The van der Waals surface area contributed by atoms with Crippen molar-refractivity contribution >= 4 is 64.2 Å². The van der Waals surface area contributed by atoms with E-state index in [2.05, 4.69) is 0 Å². The molecule has 0 N–H and O–H groups in total. The lowest BCUT2D eigenvalue weighted by Crippen LogP contribution is -2.53. The molecule has 2 aliphatic heterocycles. The molecule has 2 heterocycles. The predicted molar refractivity (Wildman–Crippen MR) is 149 cm³/mol. The number of rotatable bonds is 4. The molecule has 2 saturated heterocycles. The van der Waals surface area contributed by atoms with Gasteiger partial charge in [-0.3, -0.25) is 19.2 Å². The van der Waals surface area contributed by atoms with Crippen molar-refractivity contribution < 1.29 is 28.7 Å². The molecule has 3 aromatic rings. The van der Waals surface area contributed by atoms with Crippen LogP contribution in [0.2, 0.25) is 10.0 Å². The molecule has 3 aromatic carbocycles. The summed E-state index contributed by atoms with van der Waals surface area (Å²) in [6.07, 6.45) is 1.56. The van der Waals surface area contributed by atoms with Gasteiger partial charge in [-0.2, -0.15) is 0 Å². The second-order valence-corrected chi connectivity index (χ2v) is 11.3. The summed E-state index contributed by atoms with van der Waals surface area (Å²) in [6, 6.07) is 21.3. The number of carbonyl (C=O) groups excluding carboxylic acids is 5. The van der Waals surface area contributed by atoms with Crippen LogP contribution in [0.25, 0.3) is 0 Å². The first-order chi connectivity index (χ1) is 19.8. The van der Waals surface area contributed by atoms with Gasteiger partial charge < -0.3 is 4.74 Å². The highest BCUT2D eigenvalue weighted by molar-refractivity contribution is 6.37. The van der Waals surface area contributed by atoms with E-state index in [0.29, 0.717) is 0 Å². The van der Waals surface area contributed by atoms with Crippen LogP contribution in [0, 0.1) is 35.5 Å². The van der Waals surface area contributed by atoms with Gasteiger partial charge in [0.2, 0.25) is 23.6 Å². The Kier molecular flexibility index (Phi) is 5.88. The highest BCUT2D eigenvalue weighted by Gasteiger charge is 2.71. The van der Waals surface area contributed by atoms with Gasteiger partial charge in [0.25, 0.3) is 0 Å². The van der Waals surface area contributed by atoms with Crippen LogP contribution in [0.1, 0.15) is 0 Å². The molecule has 0 spiro atoms. The quantitative estimate of drug-likeness (QED) is 0.249. The molecule has 3 aliphatic carbocycles. The Hall–Kier alpha value is -4.27. The molecule has 2 unspecified atom stereocenters. The molecule has 6 atom stereocenters. The molecule has 10 heteroatoms. The maximum atomic E-state index is 14.0. The fourth-order valence-electron chi connectivity index (χ4n) is 6.95. The van der Waals surface area contributed by atoms with Crippen LogP contribution in [-0.4, -0.2) is 29.6 Å². The maximum Gasteiger partial charge on any atom is 0.339 e. The third-order valence-electron chi connectivity index (χ3n) is 8.51. The van der Waals surface area contributed by atoms with Gasteiger partial charge in [0.05, 0.1) is 45.1 Å². The van der Waals surface area contributed by atoms with Crippen LogP contribution < -0.4 is 14.5 Å². The highest BCUT2D eigenvalue weighted by Crippen LogP contribution is 2.61. The van der Waals surface area contributed by atoms with E-state index in [1.165, 1.54) is 0 Å². The lowest BCUT2D eigenvalue weighted by Gasteiger charge is -2.46. The summed E-state index contributed by atoms with van der Waals surface area (Å²) in [6.45, 7) is 0. The molecule has 4 amide bonds. The van der Waals surface area contributed by atoms with Crippen molar-refractivity contribution in [3.05, 3.63) is 101 Å². The Morgan fingerprint density at radius 3 is 1.51 bits per heavy atom. The first-order valence-electron chi connectivity index (χ1n) is 13.0. The summed E-state index contributed by atoms with van der Waals surface area (Å²) in [7, 11) is 0. The molecule has 8 rings (SSSR count). The molecule has 0 aromatic heterocycles. The van der Waals surface area contributed by atoms with Gasteiger partial charge in [-0.25, -0.2) is 14.6 Å². The number of para-hydroxylation sites is 3. The molecule has 5 aliphatic rings. The van der Waals surface area contributed by atoms with Crippen molar-refractivity contribution in [1.82, 2.24) is 0 Å². The second kappa shape index (κ2) is 9.39. The first-order valence-corrected chi connectivity index (χ1v) is 13.8. The third-order valence-corrected chi connectivity index (χ3v) is 9.15. The van der Waals surface area contributed by atoms with Crippen LogP contribution in [0.5, 0.6) is 5.75 Å². The average molecular weight is 587 g/mol. The number of esters is 1. The van der Waals surface area contributed by atoms with E-state index >= 15 is 0 Å². The van der Waals surface area contributed by atoms with E-state index in [-0.39, 0.29) is 32.7 Å². The Labute approximate surface area is 244 Å². The van der Waals surface area contributed by atoms with Gasteiger partial charge in [0, 0.05) is 17.4 Å². The number of anilines is 2. The Morgan fingerprint density at radius 2 is 1.02 bits per heavy atom. The smallest absolute Gasteiger partial charge is 0.339 e. The summed E-state index contributed by atoms with van der Waals surface area (Å²) < 4.78 is 5.62. The standard InChI is InChI=1S/C31H20Cl2N2O6/c32-18-10-4-6-12-20(18)34-27(36)23-16-14-17(31(40)41-15-8-2-1-3-9-15)22(25(23)29(34)38)26-24(16)28(37)35(30(26)39)21-13-7-5-11-19(21)33/h1-14,16,22-26H/t16?,22?,23-,24-,25-,26+/m1/s1. The summed E-state index contributed by atoms with van der Waals surface area (Å²) in [5.74, 6) is -8.65. The molecule has 8 nitrogen and oxygen atoms in total. The molecular weight excluding hydrogens is 567 g/mol. The average Bonchev–Trinajstić information content (AvgIpc) is 3.40. The molecule has 204 valence electrons. The number of hydrogen-bond donors (Lipinski definition) is 0. The van der Waals surface area contributed by atoms with E-state index in [0.717, 1.165) is 9.80 Å². The van der Waals surface area contributed by atoms with Crippen molar-refractivity contribution in [1.29, 1.82) is 0 Å². The zero-order valence-electron chi connectivity index (χ0n) is 21.1. The van der Waals surface area contributed by atoms with Gasteiger partial charge in [-0.05, 0) is 36.4 Å². The lowest BCUT2D eigenvalue weighted by atomic mass is 9.52. The van der Waals surface area contributed by atoms with E-state index in [1.807, 2.05) is 0 Å². The van der Waals surface area contributed by atoms with Crippen molar-refractivity contribution in [2.45, 2.75) is 0 Å². The fourth-order valence-corrected chi connectivity index (χ4v) is 7.39. The monoisotopic (exact) mass is 586 g/mol. The normalized spacial score (nSPS) is 28.1. The Bertz CT molecular complexity index is 1620. The zero-order chi connectivity index (χ0) is 28.6. The van der Waals surface area contributed by atoms with E-state index < -0.39 is 65.1 Å². The van der Waals surface area contributed by atoms with Gasteiger partial charge in [0.15, 0.2) is 0 Å². The summed E-state index contributed by atoms with van der Waals surface area (Å²) >= 11 is 12.7. The number of allylic oxidation sites excluding steroid dienone is 1. The van der Waals surface area contributed by atoms with Crippen molar-refractivity contribution in [3.8, 4) is 5.75 Å². The molecular formula is C31H20Cl2N2O6. The van der Waals surface area contributed by atoms with Crippen LogP contribution in [0.3, 0.4) is 0 Å². The van der Waals surface area contributed by atoms with Crippen LogP contribution >= 0.6 is 23.2 Å². The number of ether oxygens (including phenoxy) is 1. The van der Waals surface area contributed by atoms with Gasteiger partial charge in [-0.1, -0.05) is 71.7 Å². The van der Waals surface area contributed by atoms with Crippen LogP contribution in [0.4, 0.5) is 11.4 Å². The highest BCUT2D eigenvalue weighted by atomic mass is 35.5. The van der Waals surface area contributed by atoms with Gasteiger partial charge >= 0.3 is 5.97 Å². The van der Waals surface area contributed by atoms with E-state index in [4.69, 9.17) is 27.9 Å². The minimum atomic E-state index is -1.07. The van der Waals surface area contributed by atoms with Crippen molar-refractivity contribution in [2.24, 2.45) is 35.5 Å². The zero-order valence-corrected chi connectivity index (χ0v) is 22.7. The Balaban J connectivity index is 1.35. The minimum absolute atomic E-state index is 0.102. The number of carbonyl (C=O) groups is 5. The number of hydrogen-bond acceptors (Lipinski definition) is 6. The van der Waals surface area contributed by atoms with Gasteiger partial charge in [-0.15, -0.1) is 0 Å². The minimum Gasteiger partial charge on any atom is -0.423 e. The van der Waals surface area contributed by atoms with Crippen LogP contribution in [-0.2, 0) is 24.0 Å². The first kappa shape index (κ1) is 25.7. The summed E-state index contributed by atoms with van der Waals surface area (Å²) in [4.78, 5) is 71.5. The molecule has 3 fully saturated rings. The number of benzene rings is 3. The van der Waals surface area contributed by atoms with E-state index in [9.17, 15) is 24.0 Å². The van der Waals surface area contributed by atoms with Crippen molar-refractivity contribution in [3.63, 3.8) is 0 Å². The van der Waals surface area contributed by atoms with Gasteiger partial charge in [0.1, 0.15) is 5.75 Å². The largest absolute Gasteiger partial charge is 0.423 e. The third kappa shape index (κ3) is 3.64. The van der Waals surface area contributed by atoms with E-state index in [1.54, 1.807) is 84.9 Å². The Morgan fingerprint density at radius 1 is 0.585 bits per heavy atom. The number of imide groups is 2. The fraction of sp³-hybridized carbons (Fsp3) is 0.194. The number of nitrogens with zero attached hydrogens (tertiary/aromatic N) is 2. The molecule has 41 heavy (non-hydrogen) atoms. The SMILES string of the molecule is O=C(Oc1ccccc1)C1=CC2[C@H]3C(=O)N(c4ccccc4Cl)C(=O)[C@@H]3C1[C@@H]1C(=O)N(c3ccccc3Cl)C(=O)[C@H]21.